The summed E-state index contributed by atoms with van der Waals surface area (Å²) in [6.07, 6.45) is 2.41. The SMILES string of the molecule is O=S(=O)(Cc1ccccc1Cl)NOCCN1CCCC1. The first-order chi connectivity index (χ1) is 9.57. The molecule has 2 rings (SSSR count). The van der Waals surface area contributed by atoms with E-state index in [1.165, 1.54) is 12.8 Å². The second-order valence-corrected chi connectivity index (χ2v) is 6.92. The Labute approximate surface area is 124 Å². The Morgan fingerprint density at radius 3 is 2.65 bits per heavy atom. The second-order valence-electron chi connectivity index (χ2n) is 4.83. The van der Waals surface area contributed by atoms with Crippen LogP contribution < -0.4 is 4.89 Å². The Hall–Kier alpha value is -0.660. The minimum Gasteiger partial charge on any atom is -0.301 e. The smallest absolute Gasteiger partial charge is 0.237 e. The average molecular weight is 319 g/mol. The lowest BCUT2D eigenvalue weighted by molar-refractivity contribution is 0.0755. The van der Waals surface area contributed by atoms with E-state index >= 15 is 0 Å². The van der Waals surface area contributed by atoms with Crippen LogP contribution in [0.2, 0.25) is 5.02 Å². The zero-order chi connectivity index (χ0) is 14.4. The van der Waals surface area contributed by atoms with Crippen molar-refractivity contribution in [3.05, 3.63) is 34.9 Å². The Kier molecular flexibility index (Phi) is 5.80. The van der Waals surface area contributed by atoms with E-state index in [9.17, 15) is 8.42 Å². The van der Waals surface area contributed by atoms with Crippen molar-refractivity contribution in [3.63, 3.8) is 0 Å². The predicted octanol–water partition coefficient (Wildman–Crippen LogP) is 1.79. The first-order valence-electron chi connectivity index (χ1n) is 6.64. The van der Waals surface area contributed by atoms with E-state index in [1.807, 2.05) is 0 Å². The number of sulfonamides is 1. The highest BCUT2D eigenvalue weighted by molar-refractivity contribution is 7.88. The fourth-order valence-corrected chi connectivity index (χ4v) is 3.43. The van der Waals surface area contributed by atoms with Crippen molar-refractivity contribution in [2.24, 2.45) is 0 Å². The van der Waals surface area contributed by atoms with Gasteiger partial charge in [-0.2, -0.15) is 0 Å². The van der Waals surface area contributed by atoms with Gasteiger partial charge in [-0.05, 0) is 37.6 Å². The van der Waals surface area contributed by atoms with Crippen molar-refractivity contribution < 1.29 is 13.3 Å². The first-order valence-corrected chi connectivity index (χ1v) is 8.67. The maximum atomic E-state index is 11.8. The molecular weight excluding hydrogens is 300 g/mol. The van der Waals surface area contributed by atoms with Crippen molar-refractivity contribution in [2.75, 3.05) is 26.2 Å². The van der Waals surface area contributed by atoms with Gasteiger partial charge in [0.2, 0.25) is 10.0 Å². The Balaban J connectivity index is 1.75. The van der Waals surface area contributed by atoms with Crippen LogP contribution in [0.25, 0.3) is 0 Å². The predicted molar refractivity (Wildman–Crippen MR) is 78.8 cm³/mol. The summed E-state index contributed by atoms with van der Waals surface area (Å²) in [5, 5.41) is 0.440. The summed E-state index contributed by atoms with van der Waals surface area (Å²) in [5.74, 6) is -0.184. The lowest BCUT2D eigenvalue weighted by Crippen LogP contribution is -2.30. The average Bonchev–Trinajstić information content (AvgIpc) is 2.90. The Bertz CT molecular complexity index is 530. The number of hydrogen-bond acceptors (Lipinski definition) is 4. The molecule has 0 saturated carbocycles. The maximum absolute atomic E-state index is 11.8. The van der Waals surface area contributed by atoms with Crippen LogP contribution in [0.4, 0.5) is 0 Å². The molecule has 0 spiro atoms. The molecule has 0 unspecified atom stereocenters. The molecule has 1 saturated heterocycles. The van der Waals surface area contributed by atoms with E-state index in [1.54, 1.807) is 24.3 Å². The summed E-state index contributed by atoms with van der Waals surface area (Å²) in [7, 11) is -3.53. The number of likely N-dealkylation sites (tertiary alicyclic amines) is 1. The largest absolute Gasteiger partial charge is 0.301 e. The highest BCUT2D eigenvalue weighted by Gasteiger charge is 2.15. The van der Waals surface area contributed by atoms with E-state index in [4.69, 9.17) is 16.4 Å². The number of nitrogens with zero attached hydrogens (tertiary/aromatic N) is 1. The maximum Gasteiger partial charge on any atom is 0.237 e. The van der Waals surface area contributed by atoms with Crippen LogP contribution in [0.1, 0.15) is 18.4 Å². The molecule has 1 aromatic carbocycles. The zero-order valence-corrected chi connectivity index (χ0v) is 12.8. The topological polar surface area (TPSA) is 58.6 Å². The molecule has 0 bridgehead atoms. The summed E-state index contributed by atoms with van der Waals surface area (Å²) in [6, 6.07) is 6.87. The van der Waals surface area contributed by atoms with Crippen LogP contribution in [0.3, 0.4) is 0 Å². The molecule has 1 fully saturated rings. The summed E-state index contributed by atoms with van der Waals surface area (Å²) in [4.78, 5) is 9.45. The lowest BCUT2D eigenvalue weighted by Gasteiger charge is -2.14. The van der Waals surface area contributed by atoms with Crippen LogP contribution in [0.15, 0.2) is 24.3 Å². The summed E-state index contributed by atoms with van der Waals surface area (Å²) in [6.45, 7) is 3.22. The number of hydrogen-bond donors (Lipinski definition) is 1. The monoisotopic (exact) mass is 318 g/mol. The fourth-order valence-electron chi connectivity index (χ4n) is 2.16. The molecule has 1 aliphatic heterocycles. The molecule has 1 aromatic rings. The number of benzene rings is 1. The molecule has 7 heteroatoms. The fraction of sp³-hybridized carbons (Fsp3) is 0.538. The standard InChI is InChI=1S/C13H19ClN2O3S/c14-13-6-2-1-5-12(13)11-20(17,18)15-19-10-9-16-7-3-4-8-16/h1-2,5-6,15H,3-4,7-11H2. The number of halogens is 1. The van der Waals surface area contributed by atoms with Crippen LogP contribution in [-0.4, -0.2) is 39.6 Å². The molecule has 1 aliphatic rings. The molecule has 1 N–H and O–H groups in total. The van der Waals surface area contributed by atoms with Gasteiger partial charge in [-0.3, -0.25) is 4.84 Å². The summed E-state index contributed by atoms with van der Waals surface area (Å²) >= 11 is 5.94. The van der Waals surface area contributed by atoms with Crippen molar-refractivity contribution in [2.45, 2.75) is 18.6 Å². The van der Waals surface area contributed by atoms with Crippen LogP contribution in [0.5, 0.6) is 0 Å². The minimum atomic E-state index is -3.53. The highest BCUT2D eigenvalue weighted by Crippen LogP contribution is 2.17. The van der Waals surface area contributed by atoms with Gasteiger partial charge in [-0.15, -0.1) is 0 Å². The molecule has 0 amide bonds. The minimum absolute atomic E-state index is 0.184. The van der Waals surface area contributed by atoms with Crippen LogP contribution in [0, 0.1) is 0 Å². The van der Waals surface area contributed by atoms with Gasteiger partial charge in [-0.1, -0.05) is 34.7 Å². The number of rotatable bonds is 7. The van der Waals surface area contributed by atoms with E-state index in [2.05, 4.69) is 9.79 Å². The summed E-state index contributed by atoms with van der Waals surface area (Å²) in [5.41, 5.74) is 0.560. The molecule has 0 atom stereocenters. The van der Waals surface area contributed by atoms with E-state index in [0.717, 1.165) is 19.6 Å². The zero-order valence-electron chi connectivity index (χ0n) is 11.2. The van der Waals surface area contributed by atoms with Gasteiger partial charge >= 0.3 is 0 Å². The lowest BCUT2D eigenvalue weighted by atomic mass is 10.2. The normalized spacial score (nSPS) is 16.6. The van der Waals surface area contributed by atoms with E-state index < -0.39 is 10.0 Å². The quantitative estimate of drug-likeness (QED) is 0.615. The first kappa shape index (κ1) is 15.7. The molecular formula is C13H19ClN2O3S. The number of nitrogens with one attached hydrogen (secondary N) is 1. The Morgan fingerprint density at radius 1 is 1.25 bits per heavy atom. The van der Waals surface area contributed by atoms with Gasteiger partial charge in [0.05, 0.1) is 12.4 Å². The van der Waals surface area contributed by atoms with Crippen molar-refractivity contribution >= 4 is 21.6 Å². The molecule has 1 heterocycles. The summed E-state index contributed by atoms with van der Waals surface area (Å²) < 4.78 is 23.7. The molecule has 0 radical (unpaired) electrons. The van der Waals surface area contributed by atoms with Gasteiger partial charge in [0, 0.05) is 11.6 Å². The van der Waals surface area contributed by atoms with Crippen molar-refractivity contribution in [1.29, 1.82) is 0 Å². The van der Waals surface area contributed by atoms with Gasteiger partial charge in [0.25, 0.3) is 0 Å². The van der Waals surface area contributed by atoms with Gasteiger partial charge in [0.1, 0.15) is 0 Å². The molecule has 0 aromatic heterocycles. The third-order valence-electron chi connectivity index (χ3n) is 3.20. The third-order valence-corrected chi connectivity index (χ3v) is 4.63. The third kappa shape index (κ3) is 5.03. The molecule has 0 aliphatic carbocycles. The van der Waals surface area contributed by atoms with E-state index in [-0.39, 0.29) is 5.75 Å². The molecule has 112 valence electrons. The van der Waals surface area contributed by atoms with Gasteiger partial charge in [-0.25, -0.2) is 8.42 Å². The second kappa shape index (κ2) is 7.38. The van der Waals surface area contributed by atoms with Crippen LogP contribution in [-0.2, 0) is 20.6 Å². The van der Waals surface area contributed by atoms with Crippen molar-refractivity contribution in [3.8, 4) is 0 Å². The Morgan fingerprint density at radius 2 is 1.95 bits per heavy atom. The molecule has 20 heavy (non-hydrogen) atoms. The van der Waals surface area contributed by atoms with Crippen molar-refractivity contribution in [1.82, 2.24) is 9.79 Å². The van der Waals surface area contributed by atoms with Crippen LogP contribution >= 0.6 is 11.6 Å². The molecule has 5 nitrogen and oxygen atoms in total. The highest BCUT2D eigenvalue weighted by atomic mass is 35.5. The van der Waals surface area contributed by atoms with Gasteiger partial charge in [0.15, 0.2) is 0 Å². The van der Waals surface area contributed by atoms with Gasteiger partial charge < -0.3 is 4.90 Å². The van der Waals surface area contributed by atoms with E-state index in [0.29, 0.717) is 17.2 Å².